The third-order valence-corrected chi connectivity index (χ3v) is 3.65. The normalized spacial score (nSPS) is 28.1. The third-order valence-electron chi connectivity index (χ3n) is 3.21. The summed E-state index contributed by atoms with van der Waals surface area (Å²) >= 11 is 4.50. The minimum atomic E-state index is 0.503. The minimum absolute atomic E-state index is 0.503. The lowest BCUT2D eigenvalue weighted by Crippen LogP contribution is -2.40. The van der Waals surface area contributed by atoms with Gasteiger partial charge in [-0.1, -0.05) is 6.08 Å². The zero-order valence-electron chi connectivity index (χ0n) is 10.8. The van der Waals surface area contributed by atoms with Crippen molar-refractivity contribution < 1.29 is 0 Å². The van der Waals surface area contributed by atoms with E-state index in [1.807, 2.05) is 0 Å². The molecule has 1 rings (SSSR count). The highest BCUT2D eigenvalue weighted by Gasteiger charge is 2.19. The Kier molecular flexibility index (Phi) is 5.42. The first-order chi connectivity index (χ1) is 7.54. The van der Waals surface area contributed by atoms with Crippen LogP contribution in [0.1, 0.15) is 26.7 Å². The van der Waals surface area contributed by atoms with Gasteiger partial charge >= 0.3 is 0 Å². The van der Waals surface area contributed by atoms with Crippen LogP contribution in [0.3, 0.4) is 0 Å². The predicted molar refractivity (Wildman–Crippen MR) is 75.0 cm³/mol. The molecule has 3 heteroatoms. The largest absolute Gasteiger partial charge is 0.381 e. The van der Waals surface area contributed by atoms with E-state index in [-0.39, 0.29) is 0 Å². The molecule has 0 aromatic carbocycles. The van der Waals surface area contributed by atoms with E-state index in [2.05, 4.69) is 62.9 Å². The molecular weight excluding hydrogens is 216 g/mol. The molecular formula is C13H24N2S. The fraction of sp³-hybridized carbons (Fsp3) is 0.692. The molecule has 1 saturated heterocycles. The van der Waals surface area contributed by atoms with Crippen LogP contribution in [0.2, 0.25) is 0 Å². The Bertz CT molecular complexity index is 274. The maximum absolute atomic E-state index is 4.50. The van der Waals surface area contributed by atoms with Gasteiger partial charge in [0.25, 0.3) is 0 Å². The van der Waals surface area contributed by atoms with E-state index in [1.54, 1.807) is 0 Å². The molecule has 1 aliphatic heterocycles. The Morgan fingerprint density at radius 3 is 2.50 bits per heavy atom. The molecule has 1 fully saturated rings. The number of rotatable bonds is 3. The van der Waals surface area contributed by atoms with E-state index in [0.29, 0.717) is 11.3 Å². The van der Waals surface area contributed by atoms with Crippen LogP contribution >= 0.6 is 12.6 Å². The highest BCUT2D eigenvalue weighted by atomic mass is 32.1. The summed E-state index contributed by atoms with van der Waals surface area (Å²) in [6, 6.07) is 0.503. The van der Waals surface area contributed by atoms with Crippen molar-refractivity contribution in [1.82, 2.24) is 10.2 Å². The highest BCUT2D eigenvalue weighted by Crippen LogP contribution is 2.20. The summed E-state index contributed by atoms with van der Waals surface area (Å²) in [6.45, 7) is 5.27. The Balaban J connectivity index is 2.66. The average molecular weight is 240 g/mol. The third kappa shape index (κ3) is 3.87. The molecule has 0 bridgehead atoms. The molecule has 0 radical (unpaired) electrons. The molecule has 2 nitrogen and oxygen atoms in total. The van der Waals surface area contributed by atoms with E-state index in [1.165, 1.54) is 24.1 Å². The van der Waals surface area contributed by atoms with Crippen molar-refractivity contribution in [3.8, 4) is 0 Å². The second-order valence-corrected chi connectivity index (χ2v) is 5.39. The summed E-state index contributed by atoms with van der Waals surface area (Å²) in [5, 5.41) is 4.08. The summed E-state index contributed by atoms with van der Waals surface area (Å²) in [6.07, 6.45) is 6.87. The van der Waals surface area contributed by atoms with Crippen molar-refractivity contribution in [2.24, 2.45) is 0 Å². The molecule has 1 heterocycles. The van der Waals surface area contributed by atoms with Crippen LogP contribution in [-0.4, -0.2) is 36.8 Å². The van der Waals surface area contributed by atoms with Crippen LogP contribution in [0.25, 0.3) is 0 Å². The number of hydrogen-bond acceptors (Lipinski definition) is 3. The molecule has 1 N–H and O–H groups in total. The van der Waals surface area contributed by atoms with Gasteiger partial charge in [0.2, 0.25) is 0 Å². The highest BCUT2D eigenvalue weighted by molar-refractivity contribution is 7.81. The van der Waals surface area contributed by atoms with Crippen molar-refractivity contribution in [3.05, 3.63) is 23.4 Å². The number of piperidine rings is 1. The molecule has 0 aliphatic carbocycles. The molecule has 1 aliphatic rings. The van der Waals surface area contributed by atoms with E-state index in [4.69, 9.17) is 0 Å². The molecule has 0 saturated carbocycles. The molecule has 0 spiro atoms. The lowest BCUT2D eigenvalue weighted by molar-refractivity contribution is 0.451. The molecule has 0 aromatic rings. The van der Waals surface area contributed by atoms with Gasteiger partial charge in [-0.25, -0.2) is 0 Å². The summed E-state index contributed by atoms with van der Waals surface area (Å²) in [5.74, 6) is 0. The second-order valence-electron chi connectivity index (χ2n) is 4.66. The van der Waals surface area contributed by atoms with Gasteiger partial charge in [0, 0.05) is 37.6 Å². The Hall–Kier alpha value is -0.410. The summed E-state index contributed by atoms with van der Waals surface area (Å²) in [7, 11) is 4.16. The van der Waals surface area contributed by atoms with E-state index in [9.17, 15) is 0 Å². The van der Waals surface area contributed by atoms with Gasteiger partial charge < -0.3 is 10.2 Å². The fourth-order valence-electron chi connectivity index (χ4n) is 1.88. The monoisotopic (exact) mass is 240 g/mol. The van der Waals surface area contributed by atoms with Crippen LogP contribution < -0.4 is 5.32 Å². The molecule has 1 unspecified atom stereocenters. The first-order valence-electron chi connectivity index (χ1n) is 5.98. The number of allylic oxidation sites excluding steroid dienone is 2. The average Bonchev–Trinajstić information content (AvgIpc) is 2.26. The number of nitrogens with one attached hydrogen (secondary N) is 1. The van der Waals surface area contributed by atoms with Crippen LogP contribution in [0, 0.1) is 0 Å². The number of hydrogen-bond donors (Lipinski definition) is 2. The maximum atomic E-state index is 4.50. The van der Waals surface area contributed by atoms with Crippen molar-refractivity contribution >= 4 is 12.6 Å². The van der Waals surface area contributed by atoms with Gasteiger partial charge in [0.1, 0.15) is 0 Å². The maximum Gasteiger partial charge on any atom is 0.0318 e. The van der Waals surface area contributed by atoms with Gasteiger partial charge in [0.05, 0.1) is 0 Å². The second kappa shape index (κ2) is 6.36. The smallest absolute Gasteiger partial charge is 0.0318 e. The van der Waals surface area contributed by atoms with Gasteiger partial charge in [-0.05, 0) is 38.3 Å². The molecule has 2 atom stereocenters. The van der Waals surface area contributed by atoms with Crippen molar-refractivity contribution in [2.45, 2.75) is 38.0 Å². The van der Waals surface area contributed by atoms with Crippen molar-refractivity contribution in [3.63, 3.8) is 0 Å². The first-order valence-corrected chi connectivity index (χ1v) is 6.49. The van der Waals surface area contributed by atoms with Gasteiger partial charge in [0.15, 0.2) is 0 Å². The Morgan fingerprint density at radius 2 is 2.06 bits per heavy atom. The standard InChI is InChI=1S/C13H24N2S/c1-5-11(8-10(2)15(3)4)13-7-6-12(16)9-14-13/h5,8,12-14,16H,6-7,9H2,1-4H3/b10-8+,11-5+/t12?,13-/m1/s1. The first kappa shape index (κ1) is 13.7. The Labute approximate surface area is 105 Å². The van der Waals surface area contributed by atoms with Crippen LogP contribution in [0.15, 0.2) is 23.4 Å². The fourth-order valence-corrected chi connectivity index (χ4v) is 2.14. The van der Waals surface area contributed by atoms with E-state index < -0.39 is 0 Å². The van der Waals surface area contributed by atoms with E-state index in [0.717, 1.165) is 6.54 Å². The van der Waals surface area contributed by atoms with Gasteiger partial charge in [-0.2, -0.15) is 12.6 Å². The summed E-state index contributed by atoms with van der Waals surface area (Å²) in [5.41, 5.74) is 2.69. The van der Waals surface area contributed by atoms with E-state index >= 15 is 0 Å². The molecule has 92 valence electrons. The zero-order valence-corrected chi connectivity index (χ0v) is 11.7. The minimum Gasteiger partial charge on any atom is -0.381 e. The molecule has 0 amide bonds. The lowest BCUT2D eigenvalue weighted by atomic mass is 9.96. The number of thiol groups is 1. The van der Waals surface area contributed by atoms with Gasteiger partial charge in [-0.3, -0.25) is 0 Å². The van der Waals surface area contributed by atoms with Crippen LogP contribution in [0.4, 0.5) is 0 Å². The molecule has 16 heavy (non-hydrogen) atoms. The van der Waals surface area contributed by atoms with Crippen LogP contribution in [0.5, 0.6) is 0 Å². The number of nitrogens with zero attached hydrogens (tertiary/aromatic N) is 1. The SMILES string of the molecule is C/C=C(\C=C(/C)N(C)C)[C@H]1CCC(S)CN1. The topological polar surface area (TPSA) is 15.3 Å². The quantitative estimate of drug-likeness (QED) is 0.582. The lowest BCUT2D eigenvalue weighted by Gasteiger charge is -2.29. The van der Waals surface area contributed by atoms with Crippen molar-refractivity contribution in [2.75, 3.05) is 20.6 Å². The Morgan fingerprint density at radius 1 is 1.38 bits per heavy atom. The zero-order chi connectivity index (χ0) is 12.1. The predicted octanol–water partition coefficient (Wildman–Crippen LogP) is 2.45. The van der Waals surface area contributed by atoms with Crippen LogP contribution in [-0.2, 0) is 0 Å². The van der Waals surface area contributed by atoms with Gasteiger partial charge in [-0.15, -0.1) is 0 Å². The molecule has 0 aromatic heterocycles. The summed E-state index contributed by atoms with van der Waals surface area (Å²) < 4.78 is 0. The summed E-state index contributed by atoms with van der Waals surface area (Å²) in [4.78, 5) is 2.15. The van der Waals surface area contributed by atoms with Crippen molar-refractivity contribution in [1.29, 1.82) is 0 Å².